The molecule has 1 aliphatic heterocycles. The van der Waals surface area contributed by atoms with Crippen LogP contribution in [0, 0.1) is 0 Å². The minimum absolute atomic E-state index is 0.0105. The number of hydrogen-bond donors (Lipinski definition) is 0. The number of nitrogens with zero attached hydrogens (tertiary/aromatic N) is 4. The van der Waals surface area contributed by atoms with Gasteiger partial charge in [0.25, 0.3) is 0 Å². The van der Waals surface area contributed by atoms with E-state index in [0.717, 1.165) is 16.5 Å². The molecule has 1 amide bonds. The van der Waals surface area contributed by atoms with Crippen molar-refractivity contribution in [3.8, 4) is 11.4 Å². The molecule has 1 aromatic heterocycles. The number of carbonyl (C=O) groups excluding carboxylic acids is 2. The number of ether oxygens (including phenoxy) is 1. The topological polar surface area (TPSA) is 77.3 Å². The first-order valence-electron chi connectivity index (χ1n) is 9.18. The molecule has 1 saturated heterocycles. The second-order valence-electron chi connectivity index (χ2n) is 5.99. The summed E-state index contributed by atoms with van der Waals surface area (Å²) in [5.41, 5.74) is 0.986. The zero-order valence-electron chi connectivity index (χ0n) is 16.1. The van der Waals surface area contributed by atoms with Crippen molar-refractivity contribution in [2.75, 3.05) is 24.7 Å². The Labute approximate surface area is 178 Å². The quantitative estimate of drug-likeness (QED) is 0.262. The van der Waals surface area contributed by atoms with Gasteiger partial charge < -0.3 is 9.64 Å². The van der Waals surface area contributed by atoms with Crippen LogP contribution in [0.1, 0.15) is 6.92 Å². The minimum Gasteiger partial charge on any atom is -0.463 e. The highest BCUT2D eigenvalue weighted by atomic mass is 32.2. The summed E-state index contributed by atoms with van der Waals surface area (Å²) < 4.78 is 6.95. The molecule has 29 heavy (non-hydrogen) atoms. The summed E-state index contributed by atoms with van der Waals surface area (Å²) in [6, 6.07) is 9.86. The predicted molar refractivity (Wildman–Crippen MR) is 115 cm³/mol. The molecule has 3 rings (SSSR count). The van der Waals surface area contributed by atoms with Gasteiger partial charge >= 0.3 is 5.97 Å². The molecule has 0 spiro atoms. The molecule has 0 N–H and O–H groups in total. The van der Waals surface area contributed by atoms with E-state index in [1.807, 2.05) is 34.9 Å². The molecular weight excluding hydrogens is 408 g/mol. The number of aromatic nitrogens is 3. The molecule has 0 unspecified atom stereocenters. The van der Waals surface area contributed by atoms with Crippen molar-refractivity contribution in [1.29, 1.82) is 0 Å². The zero-order valence-corrected chi connectivity index (χ0v) is 17.7. The lowest BCUT2D eigenvalue weighted by Gasteiger charge is -2.16. The standard InChI is InChI=1S/C20H22N4O3S2/c1-3-10-24-19(15-8-6-5-7-9-15)21-22-20(24)28-12-11-23-16(25)14-29-17(23)13-18(26)27-4-2/h3,5-9,13H,1,4,10-12,14H2,2H3. The van der Waals surface area contributed by atoms with Crippen molar-refractivity contribution in [2.45, 2.75) is 18.6 Å². The van der Waals surface area contributed by atoms with Crippen LogP contribution in [0.3, 0.4) is 0 Å². The molecule has 0 aliphatic carbocycles. The largest absolute Gasteiger partial charge is 0.463 e. The van der Waals surface area contributed by atoms with Crippen molar-refractivity contribution in [3.05, 3.63) is 54.1 Å². The third kappa shape index (κ3) is 5.30. The highest BCUT2D eigenvalue weighted by Crippen LogP contribution is 2.30. The van der Waals surface area contributed by atoms with E-state index in [1.165, 1.54) is 29.6 Å². The monoisotopic (exact) mass is 430 g/mol. The lowest BCUT2D eigenvalue weighted by molar-refractivity contribution is -0.137. The fourth-order valence-electron chi connectivity index (χ4n) is 2.77. The molecule has 2 aromatic rings. The highest BCUT2D eigenvalue weighted by Gasteiger charge is 2.27. The molecule has 1 fully saturated rings. The van der Waals surface area contributed by atoms with Crippen LogP contribution in [-0.2, 0) is 20.9 Å². The maximum atomic E-state index is 12.2. The normalized spacial score (nSPS) is 15.1. The molecule has 152 valence electrons. The second kappa shape index (κ2) is 10.3. The summed E-state index contributed by atoms with van der Waals surface area (Å²) in [6.45, 7) is 6.95. The third-order valence-corrected chi connectivity index (χ3v) is 6.02. The van der Waals surface area contributed by atoms with Crippen molar-refractivity contribution in [1.82, 2.24) is 19.7 Å². The fourth-order valence-corrected chi connectivity index (χ4v) is 4.60. The van der Waals surface area contributed by atoms with Crippen LogP contribution in [0.25, 0.3) is 11.4 Å². The number of esters is 1. The number of carbonyl (C=O) groups is 2. The SMILES string of the molecule is C=CCn1c(SCCN2C(=O)CSC2=CC(=O)OCC)nnc1-c1ccccc1. The third-order valence-electron chi connectivity index (χ3n) is 4.05. The Hall–Kier alpha value is -2.52. The van der Waals surface area contributed by atoms with E-state index >= 15 is 0 Å². The van der Waals surface area contributed by atoms with Crippen molar-refractivity contribution >= 4 is 35.4 Å². The lowest BCUT2D eigenvalue weighted by atomic mass is 10.2. The molecule has 1 aliphatic rings. The van der Waals surface area contributed by atoms with Crippen LogP contribution >= 0.6 is 23.5 Å². The minimum atomic E-state index is -0.430. The van der Waals surface area contributed by atoms with E-state index in [4.69, 9.17) is 4.74 Å². The van der Waals surface area contributed by atoms with Crippen LogP contribution in [0.4, 0.5) is 0 Å². The van der Waals surface area contributed by atoms with Gasteiger partial charge in [-0.1, -0.05) is 59.9 Å². The Morgan fingerprint density at radius 3 is 2.86 bits per heavy atom. The van der Waals surface area contributed by atoms with Gasteiger partial charge in [-0.15, -0.1) is 16.8 Å². The van der Waals surface area contributed by atoms with Gasteiger partial charge in [-0.2, -0.15) is 0 Å². The van der Waals surface area contributed by atoms with E-state index in [0.29, 0.717) is 36.2 Å². The second-order valence-corrected chi connectivity index (χ2v) is 8.05. The number of amides is 1. The van der Waals surface area contributed by atoms with Crippen molar-refractivity contribution < 1.29 is 14.3 Å². The number of thioether (sulfide) groups is 2. The van der Waals surface area contributed by atoms with E-state index in [1.54, 1.807) is 17.9 Å². The summed E-state index contributed by atoms with van der Waals surface area (Å²) in [6.07, 6.45) is 3.19. The Kier molecular flexibility index (Phi) is 7.54. The maximum Gasteiger partial charge on any atom is 0.333 e. The van der Waals surface area contributed by atoms with Gasteiger partial charge in [0.1, 0.15) is 0 Å². The van der Waals surface area contributed by atoms with Crippen LogP contribution in [-0.4, -0.2) is 56.2 Å². The molecule has 0 saturated carbocycles. The van der Waals surface area contributed by atoms with Gasteiger partial charge in [-0.3, -0.25) is 9.36 Å². The van der Waals surface area contributed by atoms with Crippen molar-refractivity contribution in [2.24, 2.45) is 0 Å². The average Bonchev–Trinajstić information content (AvgIpc) is 3.27. The highest BCUT2D eigenvalue weighted by molar-refractivity contribution is 8.04. The van der Waals surface area contributed by atoms with Gasteiger partial charge in [0.2, 0.25) is 5.91 Å². The first-order valence-corrected chi connectivity index (χ1v) is 11.1. The van der Waals surface area contributed by atoms with Gasteiger partial charge in [-0.25, -0.2) is 4.79 Å². The van der Waals surface area contributed by atoms with E-state index < -0.39 is 5.97 Å². The predicted octanol–water partition coefficient (Wildman–Crippen LogP) is 3.20. The van der Waals surface area contributed by atoms with Gasteiger partial charge in [0, 0.05) is 24.4 Å². The zero-order chi connectivity index (χ0) is 20.6. The first-order chi connectivity index (χ1) is 14.1. The van der Waals surface area contributed by atoms with Crippen LogP contribution < -0.4 is 0 Å². The Morgan fingerprint density at radius 1 is 1.34 bits per heavy atom. The molecule has 0 bridgehead atoms. The summed E-state index contributed by atoms with van der Waals surface area (Å²) in [4.78, 5) is 25.5. The van der Waals surface area contributed by atoms with E-state index in [-0.39, 0.29) is 5.91 Å². The van der Waals surface area contributed by atoms with Gasteiger partial charge in [0.05, 0.1) is 23.5 Å². The first kappa shape index (κ1) is 21.2. The number of hydrogen-bond acceptors (Lipinski definition) is 7. The fraction of sp³-hybridized carbons (Fsp3) is 0.300. The summed E-state index contributed by atoms with van der Waals surface area (Å²) in [5.74, 6) is 1.30. The number of benzene rings is 1. The number of allylic oxidation sites excluding steroid dienone is 1. The van der Waals surface area contributed by atoms with E-state index in [2.05, 4.69) is 16.8 Å². The summed E-state index contributed by atoms with van der Waals surface area (Å²) >= 11 is 2.87. The van der Waals surface area contributed by atoms with Crippen LogP contribution in [0.15, 0.2) is 59.2 Å². The molecular formula is C20H22N4O3S2. The smallest absolute Gasteiger partial charge is 0.333 e. The van der Waals surface area contributed by atoms with E-state index in [9.17, 15) is 9.59 Å². The molecule has 9 heteroatoms. The molecule has 0 radical (unpaired) electrons. The van der Waals surface area contributed by atoms with Crippen molar-refractivity contribution in [3.63, 3.8) is 0 Å². The van der Waals surface area contributed by atoms with Crippen LogP contribution in [0.2, 0.25) is 0 Å². The maximum absolute atomic E-state index is 12.2. The van der Waals surface area contributed by atoms with Crippen LogP contribution in [0.5, 0.6) is 0 Å². The molecule has 7 nitrogen and oxygen atoms in total. The Bertz CT molecular complexity index is 912. The Morgan fingerprint density at radius 2 is 2.14 bits per heavy atom. The Balaban J connectivity index is 1.68. The van der Waals surface area contributed by atoms with Gasteiger partial charge in [0.15, 0.2) is 11.0 Å². The molecule has 1 aromatic carbocycles. The molecule has 0 atom stereocenters. The number of rotatable bonds is 9. The average molecular weight is 431 g/mol. The summed E-state index contributed by atoms with van der Waals surface area (Å²) in [5, 5.41) is 10.0. The lowest BCUT2D eigenvalue weighted by Crippen LogP contribution is -2.27. The summed E-state index contributed by atoms with van der Waals surface area (Å²) in [7, 11) is 0. The molecule has 2 heterocycles. The van der Waals surface area contributed by atoms with Gasteiger partial charge in [-0.05, 0) is 6.92 Å².